The largest absolute Gasteiger partial charge is 0.381 e. The lowest BCUT2D eigenvalue weighted by Crippen LogP contribution is -2.17. The normalized spacial score (nSPS) is 22.2. The maximum atomic E-state index is 5.35. The number of hydrogen-bond donors (Lipinski definition) is 1. The van der Waals surface area contributed by atoms with Crippen LogP contribution in [0.4, 0.5) is 0 Å². The number of benzene rings is 1. The summed E-state index contributed by atoms with van der Waals surface area (Å²) in [5.74, 6) is 0. The molecule has 2 unspecified atom stereocenters. The van der Waals surface area contributed by atoms with Crippen molar-refractivity contribution in [1.82, 2.24) is 5.32 Å². The molecule has 0 amide bonds. The summed E-state index contributed by atoms with van der Waals surface area (Å²) in [5, 5.41) is 3.56. The van der Waals surface area contributed by atoms with E-state index in [0.29, 0.717) is 12.1 Å². The first-order valence-corrected chi connectivity index (χ1v) is 6.15. The van der Waals surface area contributed by atoms with Crippen molar-refractivity contribution in [2.24, 2.45) is 0 Å². The summed E-state index contributed by atoms with van der Waals surface area (Å²) in [6, 6.07) is 9.29. The predicted octanol–water partition coefficient (Wildman–Crippen LogP) is 2.69. The van der Waals surface area contributed by atoms with E-state index in [0.717, 1.165) is 13.0 Å². The van der Waals surface area contributed by atoms with Crippen molar-refractivity contribution in [2.75, 3.05) is 13.7 Å². The van der Waals surface area contributed by atoms with Crippen LogP contribution in [-0.2, 0) is 11.2 Å². The standard InChI is InChI=1S/C14H21NO/c1-11(16-2)10-12-6-3-4-7-13(12)14-8-5-9-15-14/h3-4,6-7,11,14-15H,5,8-10H2,1-2H3. The van der Waals surface area contributed by atoms with E-state index in [-0.39, 0.29) is 0 Å². The van der Waals surface area contributed by atoms with Crippen molar-refractivity contribution in [3.63, 3.8) is 0 Å². The zero-order chi connectivity index (χ0) is 11.4. The van der Waals surface area contributed by atoms with E-state index in [1.807, 2.05) is 0 Å². The fourth-order valence-corrected chi connectivity index (χ4v) is 2.40. The van der Waals surface area contributed by atoms with E-state index in [9.17, 15) is 0 Å². The molecule has 1 aliphatic heterocycles. The highest BCUT2D eigenvalue weighted by Gasteiger charge is 2.19. The molecule has 1 N–H and O–H groups in total. The Hall–Kier alpha value is -0.860. The highest BCUT2D eigenvalue weighted by molar-refractivity contribution is 5.31. The van der Waals surface area contributed by atoms with Gasteiger partial charge in [0.1, 0.15) is 0 Å². The van der Waals surface area contributed by atoms with E-state index in [1.54, 1.807) is 7.11 Å². The Morgan fingerprint density at radius 2 is 2.25 bits per heavy atom. The maximum Gasteiger partial charge on any atom is 0.0583 e. The van der Waals surface area contributed by atoms with Crippen LogP contribution in [0.25, 0.3) is 0 Å². The van der Waals surface area contributed by atoms with Gasteiger partial charge in [-0.05, 0) is 43.9 Å². The Morgan fingerprint density at radius 1 is 1.44 bits per heavy atom. The lowest BCUT2D eigenvalue weighted by atomic mass is 9.95. The summed E-state index contributed by atoms with van der Waals surface area (Å²) in [7, 11) is 1.78. The number of nitrogens with one attached hydrogen (secondary N) is 1. The van der Waals surface area contributed by atoms with E-state index >= 15 is 0 Å². The van der Waals surface area contributed by atoms with E-state index in [1.165, 1.54) is 24.0 Å². The molecule has 0 bridgehead atoms. The van der Waals surface area contributed by atoms with Crippen LogP contribution in [0.15, 0.2) is 24.3 Å². The Bertz CT molecular complexity index is 331. The number of methoxy groups -OCH3 is 1. The first-order chi connectivity index (χ1) is 7.81. The van der Waals surface area contributed by atoms with Gasteiger partial charge in [0.2, 0.25) is 0 Å². The minimum Gasteiger partial charge on any atom is -0.381 e. The fourth-order valence-electron chi connectivity index (χ4n) is 2.40. The van der Waals surface area contributed by atoms with Crippen molar-refractivity contribution < 1.29 is 4.74 Å². The lowest BCUT2D eigenvalue weighted by molar-refractivity contribution is 0.118. The molecule has 2 atom stereocenters. The summed E-state index contributed by atoms with van der Waals surface area (Å²) >= 11 is 0. The molecule has 16 heavy (non-hydrogen) atoms. The van der Waals surface area contributed by atoms with Gasteiger partial charge in [-0.3, -0.25) is 0 Å². The molecule has 0 aromatic heterocycles. The molecule has 0 aliphatic carbocycles. The van der Waals surface area contributed by atoms with Crippen molar-refractivity contribution in [2.45, 2.75) is 38.3 Å². The molecule has 2 nitrogen and oxygen atoms in total. The van der Waals surface area contributed by atoms with Crippen molar-refractivity contribution in [3.8, 4) is 0 Å². The number of ether oxygens (including phenoxy) is 1. The maximum absolute atomic E-state index is 5.35. The summed E-state index contributed by atoms with van der Waals surface area (Å²) in [6.45, 7) is 3.28. The van der Waals surface area contributed by atoms with Crippen LogP contribution in [0.2, 0.25) is 0 Å². The van der Waals surface area contributed by atoms with Gasteiger partial charge < -0.3 is 10.1 Å². The van der Waals surface area contributed by atoms with Gasteiger partial charge in [-0.15, -0.1) is 0 Å². The van der Waals surface area contributed by atoms with Gasteiger partial charge in [0.05, 0.1) is 6.10 Å². The molecule has 1 saturated heterocycles. The number of hydrogen-bond acceptors (Lipinski definition) is 2. The minimum atomic E-state index is 0.294. The third-order valence-electron chi connectivity index (χ3n) is 3.40. The van der Waals surface area contributed by atoms with Crippen molar-refractivity contribution >= 4 is 0 Å². The Morgan fingerprint density at radius 3 is 2.94 bits per heavy atom. The van der Waals surface area contributed by atoms with E-state index in [2.05, 4.69) is 36.5 Å². The van der Waals surface area contributed by atoms with Crippen LogP contribution in [0.1, 0.15) is 36.9 Å². The summed E-state index contributed by atoms with van der Waals surface area (Å²) in [5.41, 5.74) is 2.89. The molecule has 88 valence electrons. The van der Waals surface area contributed by atoms with Gasteiger partial charge in [-0.1, -0.05) is 24.3 Å². The Kier molecular flexibility index (Phi) is 3.97. The van der Waals surface area contributed by atoms with Crippen LogP contribution >= 0.6 is 0 Å². The van der Waals surface area contributed by atoms with Gasteiger partial charge >= 0.3 is 0 Å². The molecule has 1 heterocycles. The predicted molar refractivity (Wildman–Crippen MR) is 66.6 cm³/mol. The lowest BCUT2D eigenvalue weighted by Gasteiger charge is -2.18. The van der Waals surface area contributed by atoms with Gasteiger partial charge in [0.25, 0.3) is 0 Å². The molecular weight excluding hydrogens is 198 g/mol. The SMILES string of the molecule is COC(C)Cc1ccccc1C1CCCN1. The van der Waals surface area contributed by atoms with Gasteiger partial charge in [-0.25, -0.2) is 0 Å². The van der Waals surface area contributed by atoms with Gasteiger partial charge in [0, 0.05) is 13.2 Å². The monoisotopic (exact) mass is 219 g/mol. The highest BCUT2D eigenvalue weighted by atomic mass is 16.5. The first kappa shape index (κ1) is 11.6. The quantitative estimate of drug-likeness (QED) is 0.840. The molecule has 0 radical (unpaired) electrons. The molecule has 0 spiro atoms. The van der Waals surface area contributed by atoms with Crippen LogP contribution in [0, 0.1) is 0 Å². The van der Waals surface area contributed by atoms with E-state index < -0.39 is 0 Å². The molecular formula is C14H21NO. The van der Waals surface area contributed by atoms with Gasteiger partial charge in [0.15, 0.2) is 0 Å². The fraction of sp³-hybridized carbons (Fsp3) is 0.571. The zero-order valence-electron chi connectivity index (χ0n) is 10.2. The Balaban J connectivity index is 2.16. The molecule has 1 aliphatic rings. The summed E-state index contributed by atoms with van der Waals surface area (Å²) in [6.07, 6.45) is 3.85. The zero-order valence-corrected chi connectivity index (χ0v) is 10.2. The van der Waals surface area contributed by atoms with Crippen LogP contribution in [0.3, 0.4) is 0 Å². The third kappa shape index (κ3) is 2.63. The highest BCUT2D eigenvalue weighted by Crippen LogP contribution is 2.26. The second kappa shape index (κ2) is 5.46. The Labute approximate surface area is 98.0 Å². The molecule has 0 saturated carbocycles. The van der Waals surface area contributed by atoms with E-state index in [4.69, 9.17) is 4.74 Å². The molecule has 1 fully saturated rings. The topological polar surface area (TPSA) is 21.3 Å². The van der Waals surface area contributed by atoms with Gasteiger partial charge in [-0.2, -0.15) is 0 Å². The smallest absolute Gasteiger partial charge is 0.0583 e. The second-order valence-electron chi connectivity index (χ2n) is 4.60. The third-order valence-corrected chi connectivity index (χ3v) is 3.40. The van der Waals surface area contributed by atoms with Crippen LogP contribution in [0.5, 0.6) is 0 Å². The number of rotatable bonds is 4. The molecule has 1 aromatic rings. The first-order valence-electron chi connectivity index (χ1n) is 6.15. The summed E-state index contributed by atoms with van der Waals surface area (Å²) in [4.78, 5) is 0. The van der Waals surface area contributed by atoms with Crippen LogP contribution in [-0.4, -0.2) is 19.8 Å². The molecule has 1 aromatic carbocycles. The minimum absolute atomic E-state index is 0.294. The van der Waals surface area contributed by atoms with Crippen molar-refractivity contribution in [3.05, 3.63) is 35.4 Å². The molecule has 2 rings (SSSR count). The average molecular weight is 219 g/mol. The second-order valence-corrected chi connectivity index (χ2v) is 4.60. The summed E-state index contributed by atoms with van der Waals surface area (Å²) < 4.78 is 5.35. The van der Waals surface area contributed by atoms with Crippen molar-refractivity contribution in [1.29, 1.82) is 0 Å². The molecule has 2 heteroatoms. The van der Waals surface area contributed by atoms with Crippen LogP contribution < -0.4 is 5.32 Å². The average Bonchev–Trinajstić information content (AvgIpc) is 2.83.